The number of amides is 1. The third-order valence-corrected chi connectivity index (χ3v) is 5.21. The van der Waals surface area contributed by atoms with Crippen molar-refractivity contribution in [2.75, 3.05) is 6.61 Å². The number of likely N-dealkylation sites (tertiary alicyclic amines) is 1. The van der Waals surface area contributed by atoms with Crippen LogP contribution in [0.2, 0.25) is 5.02 Å². The molecule has 29 heavy (non-hydrogen) atoms. The van der Waals surface area contributed by atoms with Crippen molar-refractivity contribution in [3.05, 3.63) is 58.6 Å². The smallest absolute Gasteiger partial charge is 0.493 e. The number of alkyl halides is 4. The lowest BCUT2D eigenvalue weighted by Crippen LogP contribution is -2.29. The van der Waals surface area contributed by atoms with Crippen LogP contribution < -0.4 is 9.47 Å². The maximum Gasteiger partial charge on any atom is 0.573 e. The van der Waals surface area contributed by atoms with Crippen LogP contribution in [0.25, 0.3) is 0 Å². The van der Waals surface area contributed by atoms with E-state index in [0.29, 0.717) is 34.9 Å². The molecule has 2 unspecified atom stereocenters. The summed E-state index contributed by atoms with van der Waals surface area (Å²) in [6.07, 6.45) is -4.41. The first-order valence-electron chi connectivity index (χ1n) is 8.90. The lowest BCUT2D eigenvalue weighted by atomic mass is 10.0. The van der Waals surface area contributed by atoms with E-state index in [9.17, 15) is 18.0 Å². The van der Waals surface area contributed by atoms with E-state index in [-0.39, 0.29) is 18.2 Å². The fourth-order valence-corrected chi connectivity index (χ4v) is 3.92. The second kappa shape index (κ2) is 8.71. The van der Waals surface area contributed by atoms with E-state index in [2.05, 4.69) is 4.74 Å². The molecule has 0 saturated carbocycles. The van der Waals surface area contributed by atoms with Crippen LogP contribution in [-0.2, 0) is 11.3 Å². The summed E-state index contributed by atoms with van der Waals surface area (Å²) in [7, 11) is 0. The minimum absolute atomic E-state index is 0.163. The van der Waals surface area contributed by atoms with E-state index in [0.717, 1.165) is 0 Å². The first kappa shape index (κ1) is 21.6. The average molecular weight is 448 g/mol. The van der Waals surface area contributed by atoms with Crippen LogP contribution in [-0.4, -0.2) is 29.2 Å². The normalized spacial score (nSPS) is 19.5. The Balaban J connectivity index is 1.87. The number of nitrogens with zero attached hydrogens (tertiary/aromatic N) is 1. The zero-order valence-electron chi connectivity index (χ0n) is 15.4. The third kappa shape index (κ3) is 5.08. The molecule has 3 rings (SSSR count). The summed E-state index contributed by atoms with van der Waals surface area (Å²) in [4.78, 5) is 14.2. The topological polar surface area (TPSA) is 38.8 Å². The zero-order chi connectivity index (χ0) is 21.2. The number of carbonyl (C=O) groups excluding carboxylic acids is 1. The van der Waals surface area contributed by atoms with E-state index >= 15 is 0 Å². The van der Waals surface area contributed by atoms with Crippen molar-refractivity contribution in [1.29, 1.82) is 0 Å². The first-order valence-corrected chi connectivity index (χ1v) is 9.71. The van der Waals surface area contributed by atoms with Gasteiger partial charge in [-0.05, 0) is 43.2 Å². The molecule has 156 valence electrons. The minimum atomic E-state index is -4.76. The molecule has 1 fully saturated rings. The van der Waals surface area contributed by atoms with Gasteiger partial charge in [0.05, 0.1) is 12.6 Å². The predicted octanol–water partition coefficient (Wildman–Crippen LogP) is 5.72. The summed E-state index contributed by atoms with van der Waals surface area (Å²) >= 11 is 12.6. The number of hydrogen-bond acceptors (Lipinski definition) is 3. The van der Waals surface area contributed by atoms with Crippen molar-refractivity contribution in [2.45, 2.75) is 37.7 Å². The van der Waals surface area contributed by atoms with Crippen LogP contribution in [0.15, 0.2) is 42.5 Å². The van der Waals surface area contributed by atoms with Crippen molar-refractivity contribution in [1.82, 2.24) is 4.90 Å². The number of carbonyl (C=O) groups is 1. The zero-order valence-corrected chi connectivity index (χ0v) is 16.9. The Bertz CT molecular complexity index is 874. The minimum Gasteiger partial charge on any atom is -0.493 e. The van der Waals surface area contributed by atoms with Gasteiger partial charge < -0.3 is 14.4 Å². The summed E-state index contributed by atoms with van der Waals surface area (Å²) < 4.78 is 46.5. The molecule has 1 aliphatic heterocycles. The Labute approximate surface area is 176 Å². The highest BCUT2D eigenvalue weighted by Crippen LogP contribution is 2.43. The number of ether oxygens (including phenoxy) is 2. The Hall–Kier alpha value is -2.12. The molecule has 9 heteroatoms. The van der Waals surface area contributed by atoms with Crippen molar-refractivity contribution in [3.8, 4) is 11.5 Å². The average Bonchev–Trinajstić information content (AvgIpc) is 2.91. The van der Waals surface area contributed by atoms with Crippen molar-refractivity contribution in [3.63, 3.8) is 0 Å². The number of halogens is 5. The van der Waals surface area contributed by atoms with E-state index in [1.165, 1.54) is 24.3 Å². The van der Waals surface area contributed by atoms with Gasteiger partial charge in [0.1, 0.15) is 16.9 Å². The number of rotatable bonds is 6. The summed E-state index contributed by atoms with van der Waals surface area (Å²) in [5.41, 5.74) is 1.30. The third-order valence-electron chi connectivity index (χ3n) is 4.51. The van der Waals surface area contributed by atoms with Gasteiger partial charge >= 0.3 is 6.36 Å². The lowest BCUT2D eigenvalue weighted by Gasteiger charge is -2.27. The maximum absolute atomic E-state index is 12.7. The van der Waals surface area contributed by atoms with Gasteiger partial charge in [-0.25, -0.2) is 0 Å². The molecule has 0 spiro atoms. The predicted molar refractivity (Wildman–Crippen MR) is 103 cm³/mol. The van der Waals surface area contributed by atoms with Gasteiger partial charge in [-0.3, -0.25) is 4.79 Å². The van der Waals surface area contributed by atoms with Crippen LogP contribution in [0.1, 0.15) is 30.5 Å². The Morgan fingerprint density at radius 3 is 2.48 bits per heavy atom. The highest BCUT2D eigenvalue weighted by Gasteiger charge is 2.41. The molecule has 1 amide bonds. The summed E-state index contributed by atoms with van der Waals surface area (Å²) in [6, 6.07) is 10.2. The molecule has 0 radical (unpaired) electrons. The monoisotopic (exact) mass is 447 g/mol. The lowest BCUT2D eigenvalue weighted by molar-refractivity contribution is -0.274. The SMILES string of the molecule is CCOc1cccc(Cl)c1C1CC(Cl)C(=O)N1Cc1ccc(OC(F)(F)F)cc1. The molecule has 0 aromatic heterocycles. The Morgan fingerprint density at radius 1 is 1.17 bits per heavy atom. The van der Waals surface area contributed by atoms with Crippen LogP contribution in [0.5, 0.6) is 11.5 Å². The van der Waals surface area contributed by atoms with Gasteiger partial charge in [0, 0.05) is 17.1 Å². The molecule has 0 bridgehead atoms. The maximum atomic E-state index is 12.7. The molecule has 2 aromatic carbocycles. The fraction of sp³-hybridized carbons (Fsp3) is 0.350. The van der Waals surface area contributed by atoms with Gasteiger partial charge in [-0.15, -0.1) is 24.8 Å². The van der Waals surface area contributed by atoms with Crippen molar-refractivity contribution >= 4 is 29.1 Å². The molecule has 2 aromatic rings. The number of benzene rings is 2. The van der Waals surface area contributed by atoms with E-state index in [1.807, 2.05) is 6.92 Å². The first-order chi connectivity index (χ1) is 13.7. The highest BCUT2D eigenvalue weighted by molar-refractivity contribution is 6.32. The molecular formula is C20H18Cl2F3NO3. The fourth-order valence-electron chi connectivity index (χ4n) is 3.33. The highest BCUT2D eigenvalue weighted by atomic mass is 35.5. The van der Waals surface area contributed by atoms with E-state index in [1.54, 1.807) is 23.1 Å². The van der Waals surface area contributed by atoms with Gasteiger partial charge in [-0.2, -0.15) is 0 Å². The van der Waals surface area contributed by atoms with E-state index < -0.39 is 17.8 Å². The summed E-state index contributed by atoms with van der Waals surface area (Å²) in [6.45, 7) is 2.44. The van der Waals surface area contributed by atoms with Gasteiger partial charge in [-0.1, -0.05) is 29.8 Å². The second-order valence-corrected chi connectivity index (χ2v) is 7.40. The molecule has 2 atom stereocenters. The van der Waals surface area contributed by atoms with Crippen molar-refractivity contribution in [2.24, 2.45) is 0 Å². The standard InChI is InChI=1S/C20H18Cl2F3NO3/c1-2-28-17-5-3-4-14(21)18(17)16-10-15(22)19(27)26(16)11-12-6-8-13(9-7-12)29-20(23,24)25/h3-9,15-16H,2,10-11H2,1H3. The Morgan fingerprint density at radius 2 is 1.86 bits per heavy atom. The van der Waals surface area contributed by atoms with E-state index in [4.69, 9.17) is 27.9 Å². The van der Waals surface area contributed by atoms with Gasteiger partial charge in [0.15, 0.2) is 0 Å². The molecule has 1 saturated heterocycles. The van der Waals surface area contributed by atoms with Crippen LogP contribution in [0.4, 0.5) is 13.2 Å². The summed E-state index contributed by atoms with van der Waals surface area (Å²) in [5.74, 6) is -0.0253. The second-order valence-electron chi connectivity index (χ2n) is 6.46. The quantitative estimate of drug-likeness (QED) is 0.531. The van der Waals surface area contributed by atoms with Crippen LogP contribution >= 0.6 is 23.2 Å². The molecule has 0 N–H and O–H groups in total. The largest absolute Gasteiger partial charge is 0.573 e. The molecule has 1 heterocycles. The van der Waals surface area contributed by atoms with Crippen LogP contribution in [0.3, 0.4) is 0 Å². The molecular weight excluding hydrogens is 430 g/mol. The van der Waals surface area contributed by atoms with Gasteiger partial charge in [0.2, 0.25) is 5.91 Å². The Kier molecular flexibility index (Phi) is 6.49. The van der Waals surface area contributed by atoms with Crippen molar-refractivity contribution < 1.29 is 27.4 Å². The summed E-state index contributed by atoms with van der Waals surface area (Å²) in [5, 5.41) is -0.267. The van der Waals surface area contributed by atoms with Crippen LogP contribution in [0, 0.1) is 0 Å². The molecule has 1 aliphatic rings. The molecule has 4 nitrogen and oxygen atoms in total. The molecule has 0 aliphatic carbocycles. The van der Waals surface area contributed by atoms with Gasteiger partial charge in [0.25, 0.3) is 0 Å². The number of hydrogen-bond donors (Lipinski definition) is 0.